The highest BCUT2D eigenvalue weighted by Crippen LogP contribution is 2.50. The first-order valence-corrected chi connectivity index (χ1v) is 10.6. The van der Waals surface area contributed by atoms with Gasteiger partial charge in [0.15, 0.2) is 11.6 Å². The van der Waals surface area contributed by atoms with Crippen LogP contribution in [0, 0.1) is 18.7 Å². The van der Waals surface area contributed by atoms with E-state index in [1.807, 2.05) is 47.0 Å². The number of piperidine rings is 1. The van der Waals surface area contributed by atoms with Gasteiger partial charge in [0, 0.05) is 29.7 Å². The van der Waals surface area contributed by atoms with E-state index in [4.69, 9.17) is 0 Å². The van der Waals surface area contributed by atoms with Crippen LogP contribution in [-0.4, -0.2) is 42.3 Å². The van der Waals surface area contributed by atoms with Crippen LogP contribution in [0.3, 0.4) is 0 Å². The van der Waals surface area contributed by atoms with Crippen molar-refractivity contribution in [1.82, 2.24) is 24.6 Å². The quantitative estimate of drug-likeness (QED) is 0.684. The van der Waals surface area contributed by atoms with Gasteiger partial charge >= 0.3 is 6.03 Å². The van der Waals surface area contributed by atoms with Crippen molar-refractivity contribution >= 4 is 11.7 Å². The number of nitrogens with one attached hydrogen (secondary N) is 1. The Morgan fingerprint density at radius 2 is 2.10 bits per heavy atom. The highest BCUT2D eigenvalue weighted by atomic mass is 19.1. The van der Waals surface area contributed by atoms with Crippen LogP contribution in [0.25, 0.3) is 11.4 Å². The minimum Gasteiger partial charge on any atom is -0.314 e. The van der Waals surface area contributed by atoms with E-state index < -0.39 is 5.82 Å². The third-order valence-corrected chi connectivity index (χ3v) is 6.48. The number of nitrogens with zero attached hydrogens (tertiary/aromatic N) is 5. The van der Waals surface area contributed by atoms with Crippen molar-refractivity contribution in [1.29, 1.82) is 0 Å². The van der Waals surface area contributed by atoms with E-state index in [2.05, 4.69) is 27.3 Å². The lowest BCUT2D eigenvalue weighted by atomic mass is 9.64. The molecule has 2 fully saturated rings. The summed E-state index contributed by atoms with van der Waals surface area (Å²) >= 11 is 0. The van der Waals surface area contributed by atoms with Gasteiger partial charge in [0.2, 0.25) is 0 Å². The number of fused-ring (bicyclic) bond motifs is 2. The van der Waals surface area contributed by atoms with Gasteiger partial charge in [-0.2, -0.15) is 5.10 Å². The number of halogens is 1. The molecule has 0 saturated carbocycles. The second-order valence-electron chi connectivity index (χ2n) is 8.89. The summed E-state index contributed by atoms with van der Waals surface area (Å²) in [6.07, 6.45) is 9.02. The molecule has 2 aliphatic rings. The lowest BCUT2D eigenvalue weighted by Crippen LogP contribution is -2.73. The number of anilines is 1. The number of aryl methyl sites for hydroxylation is 1. The van der Waals surface area contributed by atoms with Gasteiger partial charge in [0.05, 0.1) is 24.5 Å². The summed E-state index contributed by atoms with van der Waals surface area (Å²) in [5.74, 6) is 0.534. The fourth-order valence-corrected chi connectivity index (χ4v) is 5.33. The maximum Gasteiger partial charge on any atom is 0.322 e. The smallest absolute Gasteiger partial charge is 0.314 e. The highest BCUT2D eigenvalue weighted by molar-refractivity contribution is 5.91. The summed E-state index contributed by atoms with van der Waals surface area (Å²) in [5, 5.41) is 7.43. The Morgan fingerprint density at radius 1 is 1.29 bits per heavy atom. The summed E-state index contributed by atoms with van der Waals surface area (Å²) in [5.41, 5.74) is 2.19. The first kappa shape index (κ1) is 19.7. The van der Waals surface area contributed by atoms with Crippen molar-refractivity contribution in [2.45, 2.75) is 51.2 Å². The fourth-order valence-electron chi connectivity index (χ4n) is 5.33. The fraction of sp³-hybridized carbons (Fsp3) is 0.391. The molecule has 5 rings (SSSR count). The zero-order chi connectivity index (χ0) is 21.6. The number of carbonyl (C=O) groups excluding carboxylic acids is 1. The minimum absolute atomic E-state index is 0.0925. The Balaban J connectivity index is 1.38. The average Bonchev–Trinajstić information content (AvgIpc) is 3.22. The van der Waals surface area contributed by atoms with Crippen LogP contribution in [0.15, 0.2) is 49.1 Å². The number of rotatable bonds is 4. The van der Waals surface area contributed by atoms with Crippen LogP contribution < -0.4 is 5.32 Å². The molecule has 2 aromatic heterocycles. The van der Waals surface area contributed by atoms with Gasteiger partial charge in [0.25, 0.3) is 0 Å². The molecular formula is C23H25FN6O. The van der Waals surface area contributed by atoms with E-state index in [0.717, 1.165) is 42.8 Å². The largest absolute Gasteiger partial charge is 0.322 e. The molecule has 4 heterocycles. The summed E-state index contributed by atoms with van der Waals surface area (Å²) in [4.78, 5) is 23.5. The Bertz CT molecular complexity index is 1100. The molecule has 0 spiro atoms. The number of hydrogen-bond donors (Lipinski definition) is 1. The molecule has 1 aromatic carbocycles. The average molecular weight is 420 g/mol. The van der Waals surface area contributed by atoms with Gasteiger partial charge in [-0.15, -0.1) is 0 Å². The van der Waals surface area contributed by atoms with Gasteiger partial charge in [0.1, 0.15) is 0 Å². The first-order chi connectivity index (χ1) is 14.9. The van der Waals surface area contributed by atoms with Gasteiger partial charge in [-0.05, 0) is 55.9 Å². The SMILES string of the molecule is Cc1ccc(NC(=O)N2[C@H]3C[C@H](C)C[C@]2(Cn2cccn2)C3)cc1-c1ncc(F)cn1. The van der Waals surface area contributed by atoms with Crippen LogP contribution >= 0.6 is 0 Å². The normalized spacial score (nSPS) is 24.5. The number of aromatic nitrogens is 4. The van der Waals surface area contributed by atoms with E-state index in [1.54, 1.807) is 6.20 Å². The van der Waals surface area contributed by atoms with Crippen LogP contribution in [0.5, 0.6) is 0 Å². The first-order valence-electron chi connectivity index (χ1n) is 10.6. The molecule has 2 bridgehead atoms. The molecule has 3 aromatic rings. The summed E-state index contributed by atoms with van der Waals surface area (Å²) in [6, 6.07) is 7.71. The lowest BCUT2D eigenvalue weighted by molar-refractivity contribution is -0.100. The van der Waals surface area contributed by atoms with Crippen LogP contribution in [0.2, 0.25) is 0 Å². The van der Waals surface area contributed by atoms with Crippen molar-refractivity contribution in [3.8, 4) is 11.4 Å². The Hall–Kier alpha value is -3.29. The Labute approximate surface area is 180 Å². The highest BCUT2D eigenvalue weighted by Gasteiger charge is 2.58. The molecule has 7 nitrogen and oxygen atoms in total. The molecule has 0 aliphatic carbocycles. The molecule has 3 atom stereocenters. The standard InChI is InChI=1S/C23H25FN6O/c1-15-8-19-11-23(10-15,14-29-7-3-6-27-29)30(19)22(31)28-18-5-4-16(2)20(9-18)21-25-12-17(24)13-26-21/h3-7,9,12-13,15,19H,8,10-11,14H2,1-2H3,(H,28,31)/t15-,19-,23+/m0/s1. The third-order valence-electron chi connectivity index (χ3n) is 6.48. The monoisotopic (exact) mass is 420 g/mol. The summed E-state index contributed by atoms with van der Waals surface area (Å²) in [6.45, 7) is 4.90. The second-order valence-corrected chi connectivity index (χ2v) is 8.89. The predicted octanol–water partition coefficient (Wildman–Crippen LogP) is 4.26. The molecule has 0 radical (unpaired) electrons. The van der Waals surface area contributed by atoms with Crippen LogP contribution in [0.4, 0.5) is 14.9 Å². The Kier molecular flexibility index (Phi) is 4.72. The zero-order valence-corrected chi connectivity index (χ0v) is 17.6. The molecule has 2 saturated heterocycles. The minimum atomic E-state index is -0.480. The van der Waals surface area contributed by atoms with Crippen LogP contribution in [0.1, 0.15) is 31.7 Å². The van der Waals surface area contributed by atoms with E-state index in [0.29, 0.717) is 24.0 Å². The molecule has 0 unspecified atom stereocenters. The number of hydrogen-bond acceptors (Lipinski definition) is 4. The second kappa shape index (κ2) is 7.44. The molecule has 2 aliphatic heterocycles. The summed E-state index contributed by atoms with van der Waals surface area (Å²) in [7, 11) is 0. The lowest BCUT2D eigenvalue weighted by Gasteiger charge is -2.63. The molecule has 8 heteroatoms. The van der Waals surface area contributed by atoms with Crippen molar-refractivity contribution < 1.29 is 9.18 Å². The van der Waals surface area contributed by atoms with Gasteiger partial charge in [-0.25, -0.2) is 19.2 Å². The van der Waals surface area contributed by atoms with E-state index >= 15 is 0 Å². The van der Waals surface area contributed by atoms with E-state index in [9.17, 15) is 9.18 Å². The zero-order valence-electron chi connectivity index (χ0n) is 17.6. The van der Waals surface area contributed by atoms with Crippen molar-refractivity contribution in [2.24, 2.45) is 5.92 Å². The number of carbonyl (C=O) groups is 1. The van der Waals surface area contributed by atoms with Crippen LogP contribution in [-0.2, 0) is 6.54 Å². The van der Waals surface area contributed by atoms with Crippen molar-refractivity contribution in [3.63, 3.8) is 0 Å². The van der Waals surface area contributed by atoms with Crippen molar-refractivity contribution in [3.05, 3.63) is 60.4 Å². The molecule has 160 valence electrons. The molecule has 1 N–H and O–H groups in total. The maximum absolute atomic E-state index is 13.3. The van der Waals surface area contributed by atoms with Gasteiger partial charge in [-0.3, -0.25) is 4.68 Å². The predicted molar refractivity (Wildman–Crippen MR) is 115 cm³/mol. The Morgan fingerprint density at radius 3 is 2.84 bits per heavy atom. The number of urea groups is 1. The van der Waals surface area contributed by atoms with Gasteiger partial charge in [-0.1, -0.05) is 13.0 Å². The summed E-state index contributed by atoms with van der Waals surface area (Å²) < 4.78 is 15.1. The van der Waals surface area contributed by atoms with Gasteiger partial charge < -0.3 is 10.2 Å². The van der Waals surface area contributed by atoms with E-state index in [1.165, 1.54) is 0 Å². The maximum atomic E-state index is 13.3. The number of benzene rings is 1. The third kappa shape index (κ3) is 3.56. The molecule has 2 amide bonds. The topological polar surface area (TPSA) is 75.9 Å². The molecule has 31 heavy (non-hydrogen) atoms. The van der Waals surface area contributed by atoms with E-state index in [-0.39, 0.29) is 17.6 Å². The number of amides is 2. The molecular weight excluding hydrogens is 395 g/mol. The van der Waals surface area contributed by atoms with Crippen molar-refractivity contribution in [2.75, 3.05) is 5.32 Å².